The van der Waals surface area contributed by atoms with Crippen LogP contribution in [0.15, 0.2) is 30.3 Å². The maximum absolute atomic E-state index is 4.76. The smallest absolute Gasteiger partial charge is 0.129 e. The molecule has 1 N–H and O–H groups in total. The first kappa shape index (κ1) is 13.8. The van der Waals surface area contributed by atoms with E-state index in [0.29, 0.717) is 0 Å². The fraction of sp³-hybridized carbons (Fsp3) is 0.438. The SMILES string of the molecule is CCCN(C)c1cc(CNCC)c2ccccc2n1. The van der Waals surface area contributed by atoms with Crippen LogP contribution >= 0.6 is 0 Å². The van der Waals surface area contributed by atoms with Gasteiger partial charge in [-0.05, 0) is 30.7 Å². The normalized spacial score (nSPS) is 10.9. The van der Waals surface area contributed by atoms with E-state index in [0.717, 1.165) is 37.4 Å². The Morgan fingerprint density at radius 1 is 1.21 bits per heavy atom. The summed E-state index contributed by atoms with van der Waals surface area (Å²) in [4.78, 5) is 6.98. The van der Waals surface area contributed by atoms with Crippen LogP contribution in [0.3, 0.4) is 0 Å². The number of rotatable bonds is 6. The third kappa shape index (κ3) is 3.24. The van der Waals surface area contributed by atoms with Crippen LogP contribution in [0, 0.1) is 0 Å². The van der Waals surface area contributed by atoms with Gasteiger partial charge in [-0.3, -0.25) is 0 Å². The monoisotopic (exact) mass is 257 g/mol. The highest BCUT2D eigenvalue weighted by atomic mass is 15.2. The van der Waals surface area contributed by atoms with Crippen molar-refractivity contribution in [3.63, 3.8) is 0 Å². The molecule has 0 spiro atoms. The number of nitrogens with zero attached hydrogens (tertiary/aromatic N) is 2. The first-order chi connectivity index (χ1) is 9.26. The van der Waals surface area contributed by atoms with E-state index in [4.69, 9.17) is 4.98 Å². The van der Waals surface area contributed by atoms with E-state index in [1.807, 2.05) is 0 Å². The first-order valence-electron chi connectivity index (χ1n) is 7.06. The van der Waals surface area contributed by atoms with Crippen molar-refractivity contribution in [1.29, 1.82) is 0 Å². The second-order valence-electron chi connectivity index (χ2n) is 4.86. The number of pyridine rings is 1. The predicted molar refractivity (Wildman–Crippen MR) is 82.7 cm³/mol. The summed E-state index contributed by atoms with van der Waals surface area (Å²) in [5.41, 5.74) is 2.40. The predicted octanol–water partition coefficient (Wildman–Crippen LogP) is 3.19. The lowest BCUT2D eigenvalue weighted by Crippen LogP contribution is -2.20. The number of para-hydroxylation sites is 1. The first-order valence-corrected chi connectivity index (χ1v) is 7.06. The van der Waals surface area contributed by atoms with Crippen molar-refractivity contribution in [3.8, 4) is 0 Å². The maximum Gasteiger partial charge on any atom is 0.129 e. The van der Waals surface area contributed by atoms with Crippen molar-refractivity contribution in [3.05, 3.63) is 35.9 Å². The molecule has 0 aliphatic carbocycles. The molecule has 3 nitrogen and oxygen atoms in total. The molecule has 0 saturated carbocycles. The summed E-state index contributed by atoms with van der Waals surface area (Å²) in [6.45, 7) is 7.24. The van der Waals surface area contributed by atoms with Gasteiger partial charge in [-0.25, -0.2) is 4.98 Å². The van der Waals surface area contributed by atoms with Gasteiger partial charge in [-0.1, -0.05) is 32.0 Å². The zero-order chi connectivity index (χ0) is 13.7. The van der Waals surface area contributed by atoms with Crippen molar-refractivity contribution in [2.75, 3.05) is 25.0 Å². The van der Waals surface area contributed by atoms with Gasteiger partial charge in [-0.2, -0.15) is 0 Å². The van der Waals surface area contributed by atoms with Crippen LogP contribution in [0.25, 0.3) is 10.9 Å². The van der Waals surface area contributed by atoms with E-state index in [1.54, 1.807) is 0 Å². The highest BCUT2D eigenvalue weighted by Gasteiger charge is 2.08. The summed E-state index contributed by atoms with van der Waals surface area (Å²) in [6, 6.07) is 10.6. The highest BCUT2D eigenvalue weighted by molar-refractivity contribution is 5.84. The molecule has 0 unspecified atom stereocenters. The Bertz CT molecular complexity index is 537. The van der Waals surface area contributed by atoms with Crippen molar-refractivity contribution in [1.82, 2.24) is 10.3 Å². The summed E-state index contributed by atoms with van der Waals surface area (Å²) in [5, 5.41) is 4.66. The average molecular weight is 257 g/mol. The van der Waals surface area contributed by atoms with E-state index in [-0.39, 0.29) is 0 Å². The Kier molecular flexibility index (Phi) is 4.74. The zero-order valence-electron chi connectivity index (χ0n) is 12.1. The van der Waals surface area contributed by atoms with Gasteiger partial charge in [-0.15, -0.1) is 0 Å². The second-order valence-corrected chi connectivity index (χ2v) is 4.86. The molecule has 102 valence electrons. The minimum Gasteiger partial charge on any atom is -0.360 e. The molecule has 0 bridgehead atoms. The van der Waals surface area contributed by atoms with Crippen LogP contribution in [0.1, 0.15) is 25.8 Å². The van der Waals surface area contributed by atoms with E-state index in [9.17, 15) is 0 Å². The summed E-state index contributed by atoms with van der Waals surface area (Å²) >= 11 is 0. The minimum absolute atomic E-state index is 0.895. The number of anilines is 1. The van der Waals surface area contributed by atoms with Crippen molar-refractivity contribution in [2.24, 2.45) is 0 Å². The molecule has 0 radical (unpaired) electrons. The molecule has 1 aromatic heterocycles. The van der Waals surface area contributed by atoms with E-state index in [1.165, 1.54) is 10.9 Å². The van der Waals surface area contributed by atoms with Crippen LogP contribution in [-0.4, -0.2) is 25.1 Å². The lowest BCUT2D eigenvalue weighted by atomic mass is 10.1. The molecule has 1 aromatic carbocycles. The van der Waals surface area contributed by atoms with Gasteiger partial charge in [0.15, 0.2) is 0 Å². The van der Waals surface area contributed by atoms with Gasteiger partial charge in [0.1, 0.15) is 5.82 Å². The number of benzene rings is 1. The zero-order valence-corrected chi connectivity index (χ0v) is 12.1. The Morgan fingerprint density at radius 2 is 2.00 bits per heavy atom. The van der Waals surface area contributed by atoms with Crippen LogP contribution in [0.2, 0.25) is 0 Å². The number of aromatic nitrogens is 1. The molecule has 2 rings (SSSR count). The highest BCUT2D eigenvalue weighted by Crippen LogP contribution is 2.22. The Labute approximate surface area is 115 Å². The Hall–Kier alpha value is -1.61. The molecule has 3 heteroatoms. The van der Waals surface area contributed by atoms with Gasteiger partial charge >= 0.3 is 0 Å². The van der Waals surface area contributed by atoms with Gasteiger partial charge < -0.3 is 10.2 Å². The Balaban J connectivity index is 2.43. The number of fused-ring (bicyclic) bond motifs is 1. The van der Waals surface area contributed by atoms with Crippen LogP contribution in [-0.2, 0) is 6.54 Å². The standard InChI is InChI=1S/C16H23N3/c1-4-10-19(3)16-11-13(12-17-5-2)14-8-6-7-9-15(14)18-16/h6-9,11,17H,4-5,10,12H2,1-3H3. The Morgan fingerprint density at radius 3 is 2.74 bits per heavy atom. The topological polar surface area (TPSA) is 28.2 Å². The van der Waals surface area contributed by atoms with E-state index < -0.39 is 0 Å². The lowest BCUT2D eigenvalue weighted by molar-refractivity contribution is 0.729. The molecule has 0 aliphatic heterocycles. The van der Waals surface area contributed by atoms with Crippen molar-refractivity contribution in [2.45, 2.75) is 26.8 Å². The average Bonchev–Trinajstić information content (AvgIpc) is 2.44. The molecule has 0 atom stereocenters. The molecule has 2 aromatic rings. The molecule has 0 fully saturated rings. The number of hydrogen-bond acceptors (Lipinski definition) is 3. The van der Waals surface area contributed by atoms with Crippen molar-refractivity contribution >= 4 is 16.7 Å². The van der Waals surface area contributed by atoms with Crippen LogP contribution in [0.4, 0.5) is 5.82 Å². The molecular formula is C16H23N3. The molecule has 0 amide bonds. The number of nitrogens with one attached hydrogen (secondary N) is 1. The number of hydrogen-bond donors (Lipinski definition) is 1. The fourth-order valence-electron chi connectivity index (χ4n) is 2.28. The summed E-state index contributed by atoms with van der Waals surface area (Å²) in [5.74, 6) is 1.06. The molecular weight excluding hydrogens is 234 g/mol. The van der Waals surface area contributed by atoms with Gasteiger partial charge in [0.2, 0.25) is 0 Å². The van der Waals surface area contributed by atoms with Crippen LogP contribution < -0.4 is 10.2 Å². The van der Waals surface area contributed by atoms with Gasteiger partial charge in [0.25, 0.3) is 0 Å². The molecule has 0 aliphatic rings. The lowest BCUT2D eigenvalue weighted by Gasteiger charge is -2.19. The minimum atomic E-state index is 0.895. The largest absolute Gasteiger partial charge is 0.360 e. The van der Waals surface area contributed by atoms with Gasteiger partial charge in [0.05, 0.1) is 5.52 Å². The summed E-state index contributed by atoms with van der Waals surface area (Å²) in [7, 11) is 2.11. The summed E-state index contributed by atoms with van der Waals surface area (Å²) in [6.07, 6.45) is 1.13. The summed E-state index contributed by atoms with van der Waals surface area (Å²) < 4.78 is 0. The van der Waals surface area contributed by atoms with Gasteiger partial charge in [0, 0.05) is 25.5 Å². The fourth-order valence-corrected chi connectivity index (χ4v) is 2.28. The van der Waals surface area contributed by atoms with Crippen LogP contribution in [0.5, 0.6) is 0 Å². The molecule has 0 saturated heterocycles. The van der Waals surface area contributed by atoms with E-state index in [2.05, 4.69) is 61.4 Å². The quantitative estimate of drug-likeness (QED) is 0.861. The van der Waals surface area contributed by atoms with E-state index >= 15 is 0 Å². The molecule has 19 heavy (non-hydrogen) atoms. The maximum atomic E-state index is 4.76. The third-order valence-electron chi connectivity index (χ3n) is 3.30. The molecule has 1 heterocycles. The second kappa shape index (κ2) is 6.53. The third-order valence-corrected chi connectivity index (χ3v) is 3.30. The van der Waals surface area contributed by atoms with Crippen molar-refractivity contribution < 1.29 is 0 Å².